The van der Waals surface area contributed by atoms with Crippen LogP contribution in [0.4, 0.5) is 13.2 Å². The molecule has 0 radical (unpaired) electrons. The summed E-state index contributed by atoms with van der Waals surface area (Å²) in [7, 11) is 0. The predicted molar refractivity (Wildman–Crippen MR) is 66.0 cm³/mol. The van der Waals surface area contributed by atoms with Crippen molar-refractivity contribution >= 4 is 0 Å². The van der Waals surface area contributed by atoms with Gasteiger partial charge in [0.25, 0.3) is 0 Å². The number of nitrogens with one attached hydrogen (secondary N) is 1. The van der Waals surface area contributed by atoms with E-state index in [4.69, 9.17) is 0 Å². The SMILES string of the molecule is Cc1nc(CC(F)(F)F)nc(C)c1CCNC1CC1. The van der Waals surface area contributed by atoms with Crippen LogP contribution in [-0.2, 0) is 12.8 Å². The van der Waals surface area contributed by atoms with E-state index in [2.05, 4.69) is 15.3 Å². The Bertz CT molecular complexity index is 430. The van der Waals surface area contributed by atoms with Crippen LogP contribution in [0.25, 0.3) is 0 Å². The van der Waals surface area contributed by atoms with Crippen molar-refractivity contribution in [3.05, 3.63) is 22.8 Å². The molecule has 0 saturated heterocycles. The number of hydrogen-bond donors (Lipinski definition) is 1. The Hall–Kier alpha value is -1.17. The van der Waals surface area contributed by atoms with Crippen molar-refractivity contribution in [2.24, 2.45) is 0 Å². The summed E-state index contributed by atoms with van der Waals surface area (Å²) in [5, 5.41) is 3.38. The number of alkyl halides is 3. The van der Waals surface area contributed by atoms with Gasteiger partial charge in [-0.25, -0.2) is 9.97 Å². The lowest BCUT2D eigenvalue weighted by atomic mass is 10.1. The Balaban J connectivity index is 2.02. The highest BCUT2D eigenvalue weighted by Crippen LogP contribution is 2.21. The van der Waals surface area contributed by atoms with Crippen molar-refractivity contribution in [1.29, 1.82) is 0 Å². The highest BCUT2D eigenvalue weighted by atomic mass is 19.4. The number of aryl methyl sites for hydroxylation is 2. The summed E-state index contributed by atoms with van der Waals surface area (Å²) in [5.41, 5.74) is 2.27. The fraction of sp³-hybridized carbons (Fsp3) is 0.692. The lowest BCUT2D eigenvalue weighted by Gasteiger charge is -2.12. The van der Waals surface area contributed by atoms with Gasteiger partial charge in [-0.15, -0.1) is 0 Å². The highest BCUT2D eigenvalue weighted by Gasteiger charge is 2.29. The molecule has 1 fully saturated rings. The Kier molecular flexibility index (Phi) is 4.08. The van der Waals surface area contributed by atoms with Crippen LogP contribution in [-0.4, -0.2) is 28.7 Å². The lowest BCUT2D eigenvalue weighted by molar-refractivity contribution is -0.128. The molecule has 2 rings (SSSR count). The minimum absolute atomic E-state index is 0.138. The predicted octanol–water partition coefficient (Wildman–Crippen LogP) is 2.49. The van der Waals surface area contributed by atoms with E-state index in [-0.39, 0.29) is 5.82 Å². The molecule has 0 unspecified atom stereocenters. The van der Waals surface area contributed by atoms with E-state index in [9.17, 15) is 13.2 Å². The fourth-order valence-electron chi connectivity index (χ4n) is 2.12. The standard InChI is InChI=1S/C13H18F3N3/c1-8-11(5-6-17-10-3-4-10)9(2)19-12(18-8)7-13(14,15)16/h10,17H,3-7H2,1-2H3. The molecule has 0 amide bonds. The molecule has 19 heavy (non-hydrogen) atoms. The third kappa shape index (κ3) is 4.45. The van der Waals surface area contributed by atoms with E-state index >= 15 is 0 Å². The summed E-state index contributed by atoms with van der Waals surface area (Å²) in [6, 6.07) is 0.631. The molecule has 1 aromatic heterocycles. The molecule has 1 saturated carbocycles. The third-order valence-corrected chi connectivity index (χ3v) is 3.21. The molecule has 1 aliphatic carbocycles. The molecule has 0 bridgehead atoms. The van der Waals surface area contributed by atoms with Crippen LogP contribution in [0.3, 0.4) is 0 Å². The molecule has 1 N–H and O–H groups in total. The van der Waals surface area contributed by atoms with Crippen LogP contribution < -0.4 is 5.32 Å². The smallest absolute Gasteiger partial charge is 0.314 e. The largest absolute Gasteiger partial charge is 0.396 e. The van der Waals surface area contributed by atoms with Gasteiger partial charge in [0.05, 0.1) is 0 Å². The van der Waals surface area contributed by atoms with Crippen molar-refractivity contribution in [3.63, 3.8) is 0 Å². The Labute approximate surface area is 110 Å². The molecular formula is C13H18F3N3. The molecule has 1 aromatic rings. The number of halogens is 3. The zero-order valence-corrected chi connectivity index (χ0v) is 11.1. The minimum atomic E-state index is -4.26. The number of hydrogen-bond acceptors (Lipinski definition) is 3. The monoisotopic (exact) mass is 273 g/mol. The summed E-state index contributed by atoms with van der Waals surface area (Å²) >= 11 is 0. The maximum Gasteiger partial charge on any atom is 0.396 e. The number of rotatable bonds is 5. The van der Waals surface area contributed by atoms with E-state index in [1.165, 1.54) is 12.8 Å². The number of aromatic nitrogens is 2. The summed E-state index contributed by atoms with van der Waals surface area (Å²) in [6.07, 6.45) is -2.11. The van der Waals surface area contributed by atoms with E-state index in [1.807, 2.05) is 0 Å². The maximum absolute atomic E-state index is 12.3. The van der Waals surface area contributed by atoms with Gasteiger partial charge in [0.1, 0.15) is 12.2 Å². The Morgan fingerprint density at radius 2 is 1.74 bits per heavy atom. The van der Waals surface area contributed by atoms with E-state index < -0.39 is 12.6 Å². The van der Waals surface area contributed by atoms with Crippen LogP contribution in [0.1, 0.15) is 35.6 Å². The molecule has 0 aliphatic heterocycles. The molecule has 1 heterocycles. The zero-order valence-electron chi connectivity index (χ0n) is 11.1. The van der Waals surface area contributed by atoms with Gasteiger partial charge in [-0.05, 0) is 45.2 Å². The van der Waals surface area contributed by atoms with Crippen molar-refractivity contribution in [1.82, 2.24) is 15.3 Å². The fourth-order valence-corrected chi connectivity index (χ4v) is 2.12. The second-order valence-corrected chi connectivity index (χ2v) is 5.06. The first-order chi connectivity index (χ1) is 8.85. The zero-order chi connectivity index (χ0) is 14.0. The van der Waals surface area contributed by atoms with Gasteiger partial charge in [0, 0.05) is 17.4 Å². The average molecular weight is 273 g/mol. The quantitative estimate of drug-likeness (QED) is 0.895. The minimum Gasteiger partial charge on any atom is -0.314 e. The van der Waals surface area contributed by atoms with Gasteiger partial charge in [0.15, 0.2) is 0 Å². The summed E-state index contributed by atoms with van der Waals surface area (Å²) < 4.78 is 36.9. The van der Waals surface area contributed by atoms with Gasteiger partial charge < -0.3 is 5.32 Å². The first-order valence-corrected chi connectivity index (χ1v) is 6.48. The molecule has 0 spiro atoms. The second kappa shape index (κ2) is 5.45. The molecule has 3 nitrogen and oxygen atoms in total. The molecule has 0 atom stereocenters. The van der Waals surface area contributed by atoms with Gasteiger partial charge in [-0.1, -0.05) is 0 Å². The van der Waals surface area contributed by atoms with Gasteiger partial charge in [-0.3, -0.25) is 0 Å². The van der Waals surface area contributed by atoms with Crippen molar-refractivity contribution < 1.29 is 13.2 Å². The Morgan fingerprint density at radius 1 is 1.16 bits per heavy atom. The number of nitrogens with zero attached hydrogens (tertiary/aromatic N) is 2. The van der Waals surface area contributed by atoms with Crippen LogP contribution in [0.15, 0.2) is 0 Å². The van der Waals surface area contributed by atoms with Gasteiger partial charge in [0.2, 0.25) is 0 Å². The van der Waals surface area contributed by atoms with Crippen LogP contribution in [0.5, 0.6) is 0 Å². The summed E-state index contributed by atoms with van der Waals surface area (Å²) in [6.45, 7) is 4.33. The second-order valence-electron chi connectivity index (χ2n) is 5.06. The maximum atomic E-state index is 12.3. The van der Waals surface area contributed by atoms with Crippen molar-refractivity contribution in [3.8, 4) is 0 Å². The van der Waals surface area contributed by atoms with Gasteiger partial charge >= 0.3 is 6.18 Å². The van der Waals surface area contributed by atoms with Crippen LogP contribution in [0.2, 0.25) is 0 Å². The first kappa shape index (κ1) is 14.2. The topological polar surface area (TPSA) is 37.8 Å². The van der Waals surface area contributed by atoms with Crippen molar-refractivity contribution in [2.45, 2.75) is 51.7 Å². The highest BCUT2D eigenvalue weighted by molar-refractivity contribution is 5.25. The molecule has 106 valence electrons. The van der Waals surface area contributed by atoms with Crippen LogP contribution >= 0.6 is 0 Å². The Morgan fingerprint density at radius 3 is 2.21 bits per heavy atom. The van der Waals surface area contributed by atoms with E-state index in [0.717, 1.165) is 18.5 Å². The van der Waals surface area contributed by atoms with E-state index in [1.54, 1.807) is 13.8 Å². The summed E-state index contributed by atoms with van der Waals surface area (Å²) in [5.74, 6) is -0.138. The molecule has 1 aliphatic rings. The summed E-state index contributed by atoms with van der Waals surface area (Å²) in [4.78, 5) is 7.95. The molecular weight excluding hydrogens is 255 g/mol. The molecule has 0 aromatic carbocycles. The normalized spacial score (nSPS) is 15.8. The molecule has 6 heteroatoms. The van der Waals surface area contributed by atoms with Crippen LogP contribution in [0, 0.1) is 13.8 Å². The first-order valence-electron chi connectivity index (χ1n) is 6.48. The lowest BCUT2D eigenvalue weighted by Crippen LogP contribution is -2.21. The average Bonchev–Trinajstić information content (AvgIpc) is 3.03. The van der Waals surface area contributed by atoms with Crippen molar-refractivity contribution in [2.75, 3.05) is 6.54 Å². The van der Waals surface area contributed by atoms with Gasteiger partial charge in [-0.2, -0.15) is 13.2 Å². The third-order valence-electron chi connectivity index (χ3n) is 3.21. The van der Waals surface area contributed by atoms with E-state index in [0.29, 0.717) is 17.4 Å².